The molecule has 0 saturated carbocycles. The Morgan fingerprint density at radius 2 is 1.25 bits per heavy atom. The van der Waals surface area contributed by atoms with Crippen LogP contribution >= 0.6 is 0 Å². The molecular formula is C14H34O9S. The zero-order valence-corrected chi connectivity index (χ0v) is 16.0. The fraction of sp³-hybridized carbons (Fsp3) is 1.00. The Labute approximate surface area is 145 Å². The molecule has 0 aliphatic carbocycles. The largest absolute Gasteiger partial charge is 0.397 e. The van der Waals surface area contributed by atoms with Crippen molar-refractivity contribution in [1.29, 1.82) is 0 Å². The summed E-state index contributed by atoms with van der Waals surface area (Å²) < 4.78 is 46.6. The summed E-state index contributed by atoms with van der Waals surface area (Å²) in [6.45, 7) is 10.7. The normalized spacial score (nSPS) is 11.8. The Morgan fingerprint density at radius 1 is 0.833 bits per heavy atom. The van der Waals surface area contributed by atoms with Crippen LogP contribution in [0.25, 0.3) is 0 Å². The molecule has 0 aromatic rings. The molecule has 150 valence electrons. The van der Waals surface area contributed by atoms with Gasteiger partial charge in [-0.2, -0.15) is 8.42 Å². The van der Waals surface area contributed by atoms with Crippen LogP contribution in [0.4, 0.5) is 0 Å². The van der Waals surface area contributed by atoms with Crippen LogP contribution in [0.3, 0.4) is 0 Å². The molecule has 0 rings (SSSR count). The van der Waals surface area contributed by atoms with Gasteiger partial charge in [-0.25, -0.2) is 4.18 Å². The van der Waals surface area contributed by atoms with Gasteiger partial charge in [-0.15, -0.1) is 0 Å². The third kappa shape index (κ3) is 37.7. The third-order valence-corrected chi connectivity index (χ3v) is 2.68. The second-order valence-corrected chi connectivity index (χ2v) is 5.24. The summed E-state index contributed by atoms with van der Waals surface area (Å²) in [6, 6.07) is 0. The van der Waals surface area contributed by atoms with Crippen molar-refractivity contribution in [2.24, 2.45) is 0 Å². The van der Waals surface area contributed by atoms with Gasteiger partial charge in [0.15, 0.2) is 0 Å². The van der Waals surface area contributed by atoms with Crippen LogP contribution in [0, 0.1) is 0 Å². The van der Waals surface area contributed by atoms with Crippen molar-refractivity contribution in [3.05, 3.63) is 0 Å². The fourth-order valence-electron chi connectivity index (χ4n) is 0.931. The molecule has 9 nitrogen and oxygen atoms in total. The second-order valence-electron chi connectivity index (χ2n) is 4.20. The monoisotopic (exact) mass is 378 g/mol. The first-order valence-corrected chi connectivity index (χ1v) is 9.25. The maximum absolute atomic E-state index is 9.93. The molecule has 0 bridgehead atoms. The molecule has 0 aromatic carbocycles. The van der Waals surface area contributed by atoms with Gasteiger partial charge in [0.05, 0.1) is 45.7 Å². The molecular weight excluding hydrogens is 344 g/mol. The van der Waals surface area contributed by atoms with E-state index in [1.807, 2.05) is 13.8 Å². The van der Waals surface area contributed by atoms with Crippen molar-refractivity contribution in [2.75, 3.05) is 52.9 Å². The van der Waals surface area contributed by atoms with Crippen molar-refractivity contribution in [1.82, 2.24) is 0 Å². The molecule has 0 aliphatic heterocycles. The second kappa shape index (κ2) is 22.7. The van der Waals surface area contributed by atoms with Crippen LogP contribution in [0.15, 0.2) is 0 Å². The van der Waals surface area contributed by atoms with E-state index in [0.717, 1.165) is 13.2 Å². The molecule has 0 aliphatic rings. The van der Waals surface area contributed by atoms with Gasteiger partial charge in [0, 0.05) is 13.2 Å². The van der Waals surface area contributed by atoms with E-state index in [-0.39, 0.29) is 13.2 Å². The van der Waals surface area contributed by atoms with Gasteiger partial charge < -0.3 is 24.4 Å². The topological polar surface area (TPSA) is 132 Å². The highest BCUT2D eigenvalue weighted by atomic mass is 32.3. The molecule has 0 radical (unpaired) electrons. The van der Waals surface area contributed by atoms with Crippen LogP contribution in [-0.2, 0) is 28.8 Å². The van der Waals surface area contributed by atoms with Gasteiger partial charge in [0.25, 0.3) is 0 Å². The minimum atomic E-state index is -4.24. The fourth-order valence-corrected chi connectivity index (χ4v) is 1.48. The first kappa shape index (κ1) is 28.5. The summed E-state index contributed by atoms with van der Waals surface area (Å²) in [6.07, 6.45) is 0.111. The van der Waals surface area contributed by atoms with Crippen LogP contribution in [0.2, 0.25) is 0 Å². The molecule has 1 unspecified atom stereocenters. The van der Waals surface area contributed by atoms with Gasteiger partial charge >= 0.3 is 10.4 Å². The van der Waals surface area contributed by atoms with Gasteiger partial charge in [0.2, 0.25) is 0 Å². The van der Waals surface area contributed by atoms with E-state index in [1.165, 1.54) is 0 Å². The SMILES string of the molecule is CCC(C)OS(=O)(=O)O.CCOCC.OCCOCCOCCO. The molecule has 10 heteroatoms. The average Bonchev–Trinajstić information content (AvgIpc) is 2.51. The van der Waals surface area contributed by atoms with E-state index in [4.69, 9.17) is 29.0 Å². The zero-order chi connectivity index (χ0) is 19.3. The molecule has 0 spiro atoms. The van der Waals surface area contributed by atoms with Gasteiger partial charge in [-0.3, -0.25) is 4.55 Å². The maximum Gasteiger partial charge on any atom is 0.397 e. The molecule has 0 fully saturated rings. The highest BCUT2D eigenvalue weighted by Crippen LogP contribution is 1.99. The summed E-state index contributed by atoms with van der Waals surface area (Å²) in [5, 5.41) is 16.5. The van der Waals surface area contributed by atoms with E-state index < -0.39 is 16.5 Å². The third-order valence-electron chi connectivity index (χ3n) is 2.11. The quantitative estimate of drug-likeness (QED) is 0.331. The van der Waals surface area contributed by atoms with Gasteiger partial charge in [-0.05, 0) is 27.2 Å². The van der Waals surface area contributed by atoms with Gasteiger partial charge in [-0.1, -0.05) is 6.92 Å². The molecule has 0 saturated heterocycles. The number of ether oxygens (including phenoxy) is 3. The molecule has 0 heterocycles. The minimum Gasteiger partial charge on any atom is -0.394 e. The number of hydrogen-bond acceptors (Lipinski definition) is 8. The summed E-state index contributed by atoms with van der Waals surface area (Å²) in [7, 11) is -4.24. The van der Waals surface area contributed by atoms with E-state index >= 15 is 0 Å². The first-order chi connectivity index (χ1) is 11.3. The van der Waals surface area contributed by atoms with E-state index in [9.17, 15) is 8.42 Å². The number of rotatable bonds is 12. The summed E-state index contributed by atoms with van der Waals surface area (Å²) in [5.41, 5.74) is 0. The Hall–Kier alpha value is -0.330. The summed E-state index contributed by atoms with van der Waals surface area (Å²) >= 11 is 0. The van der Waals surface area contributed by atoms with E-state index in [2.05, 4.69) is 4.18 Å². The Bertz CT molecular complexity index is 299. The lowest BCUT2D eigenvalue weighted by molar-refractivity contribution is 0.0222. The lowest BCUT2D eigenvalue weighted by atomic mass is 10.3. The summed E-state index contributed by atoms with van der Waals surface area (Å²) in [5.74, 6) is 0. The minimum absolute atomic E-state index is 0.0417. The summed E-state index contributed by atoms with van der Waals surface area (Å²) in [4.78, 5) is 0. The molecule has 0 amide bonds. The van der Waals surface area contributed by atoms with Crippen LogP contribution in [0.1, 0.15) is 34.1 Å². The number of hydrogen-bond donors (Lipinski definition) is 3. The van der Waals surface area contributed by atoms with Crippen LogP contribution in [0.5, 0.6) is 0 Å². The first-order valence-electron chi connectivity index (χ1n) is 7.89. The maximum atomic E-state index is 9.93. The van der Waals surface area contributed by atoms with Crippen molar-refractivity contribution in [3.8, 4) is 0 Å². The smallest absolute Gasteiger partial charge is 0.394 e. The van der Waals surface area contributed by atoms with Crippen LogP contribution in [-0.4, -0.2) is 82.1 Å². The average molecular weight is 378 g/mol. The van der Waals surface area contributed by atoms with Crippen LogP contribution < -0.4 is 0 Å². The lowest BCUT2D eigenvalue weighted by Gasteiger charge is -2.04. The zero-order valence-electron chi connectivity index (χ0n) is 15.1. The Kier molecular flexibility index (Phi) is 26.9. The number of aliphatic hydroxyl groups is 2. The van der Waals surface area contributed by atoms with Crippen molar-refractivity contribution >= 4 is 10.4 Å². The predicted octanol–water partition coefficient (Wildman–Crippen LogP) is 0.651. The molecule has 1 atom stereocenters. The molecule has 24 heavy (non-hydrogen) atoms. The molecule has 3 N–H and O–H groups in total. The number of aliphatic hydroxyl groups excluding tert-OH is 2. The highest BCUT2D eigenvalue weighted by molar-refractivity contribution is 7.80. The van der Waals surface area contributed by atoms with E-state index in [1.54, 1.807) is 13.8 Å². The highest BCUT2D eigenvalue weighted by Gasteiger charge is 2.08. The van der Waals surface area contributed by atoms with Crippen molar-refractivity contribution in [3.63, 3.8) is 0 Å². The van der Waals surface area contributed by atoms with Crippen molar-refractivity contribution in [2.45, 2.75) is 40.2 Å². The Morgan fingerprint density at radius 3 is 1.42 bits per heavy atom. The van der Waals surface area contributed by atoms with E-state index in [0.29, 0.717) is 32.8 Å². The Balaban J connectivity index is -0.000000291. The lowest BCUT2D eigenvalue weighted by Crippen LogP contribution is -2.12. The van der Waals surface area contributed by atoms with Gasteiger partial charge in [0.1, 0.15) is 0 Å². The van der Waals surface area contributed by atoms with Crippen molar-refractivity contribution < 1.29 is 41.6 Å². The molecule has 0 aromatic heterocycles. The standard InChI is InChI=1S/C6H14O4.C4H10O4S.C4H10O/c7-1-3-9-5-6-10-4-2-8;1-3-4(2)8-9(5,6)7;1-3-5-4-2/h7-8H,1-6H2;4H,3H2,1-2H3,(H,5,6,7);3-4H2,1-2H3. The predicted molar refractivity (Wildman–Crippen MR) is 90.4 cm³/mol.